The van der Waals surface area contributed by atoms with E-state index in [0.29, 0.717) is 42.2 Å². The molecule has 6 nitrogen and oxygen atoms in total. The molecule has 0 radical (unpaired) electrons. The molecule has 3 aromatic rings. The van der Waals surface area contributed by atoms with Gasteiger partial charge in [-0.05, 0) is 36.1 Å². The normalized spacial score (nSPS) is 15.6. The Labute approximate surface area is 174 Å². The second kappa shape index (κ2) is 8.10. The summed E-state index contributed by atoms with van der Waals surface area (Å²) < 4.78 is 20.8. The van der Waals surface area contributed by atoms with Gasteiger partial charge in [0.15, 0.2) is 0 Å². The molecule has 30 heavy (non-hydrogen) atoms. The van der Waals surface area contributed by atoms with Gasteiger partial charge < -0.3 is 14.7 Å². The van der Waals surface area contributed by atoms with Gasteiger partial charge in [-0.2, -0.15) is 0 Å². The molecule has 0 saturated carbocycles. The summed E-state index contributed by atoms with van der Waals surface area (Å²) in [6.45, 7) is 2.58. The van der Waals surface area contributed by atoms with E-state index in [1.165, 1.54) is 7.11 Å². The van der Waals surface area contributed by atoms with E-state index in [1.54, 1.807) is 29.4 Å². The summed E-state index contributed by atoms with van der Waals surface area (Å²) in [4.78, 5) is 21.4. The minimum absolute atomic E-state index is 0.317. The number of nitrogens with zero attached hydrogens (tertiary/aromatic N) is 3. The summed E-state index contributed by atoms with van der Waals surface area (Å²) >= 11 is 0. The van der Waals surface area contributed by atoms with Crippen molar-refractivity contribution in [3.8, 4) is 16.9 Å². The van der Waals surface area contributed by atoms with Gasteiger partial charge in [0.2, 0.25) is 5.95 Å². The summed E-state index contributed by atoms with van der Waals surface area (Å²) in [6, 6.07) is 10.5. The number of carbonyl (C=O) groups is 1. The first-order valence-electron chi connectivity index (χ1n) is 9.70. The number of aryl methyl sites for hydroxylation is 1. The molecule has 154 valence electrons. The van der Waals surface area contributed by atoms with E-state index in [0.717, 1.165) is 16.7 Å². The van der Waals surface area contributed by atoms with Crippen LogP contribution in [0.5, 0.6) is 5.75 Å². The third-order valence-electron chi connectivity index (χ3n) is 5.36. The maximum atomic E-state index is 15.4. The van der Waals surface area contributed by atoms with Crippen LogP contribution in [0.1, 0.15) is 23.1 Å². The van der Waals surface area contributed by atoms with Crippen molar-refractivity contribution in [2.45, 2.75) is 25.8 Å². The number of carboxylic acid groups (broad SMARTS) is 1. The highest BCUT2D eigenvalue weighted by atomic mass is 19.1. The van der Waals surface area contributed by atoms with Crippen LogP contribution < -0.4 is 9.64 Å². The summed E-state index contributed by atoms with van der Waals surface area (Å²) in [6.07, 6.45) is 4.14. The van der Waals surface area contributed by atoms with E-state index in [1.807, 2.05) is 31.2 Å². The highest BCUT2D eigenvalue weighted by molar-refractivity contribution is 5.79. The molecule has 2 aromatic carbocycles. The molecule has 1 unspecified atom stereocenters. The number of carboxylic acids is 1. The largest absolute Gasteiger partial charge is 0.496 e. The highest BCUT2D eigenvalue weighted by Gasteiger charge is 2.35. The lowest BCUT2D eigenvalue weighted by molar-refractivity contribution is -0.140. The Hall–Kier alpha value is -3.48. The molecule has 0 spiro atoms. The first-order chi connectivity index (χ1) is 14.5. The van der Waals surface area contributed by atoms with Gasteiger partial charge in [-0.25, -0.2) is 19.2 Å². The van der Waals surface area contributed by atoms with Crippen molar-refractivity contribution in [3.63, 3.8) is 0 Å². The van der Waals surface area contributed by atoms with Crippen LogP contribution in [-0.2, 0) is 11.2 Å². The fraction of sp³-hybridized carbons (Fsp3) is 0.261. The summed E-state index contributed by atoms with van der Waals surface area (Å²) in [5.74, 6) is -0.352. The van der Waals surface area contributed by atoms with Crippen molar-refractivity contribution >= 4 is 11.9 Å². The maximum absolute atomic E-state index is 15.4. The molecule has 1 atom stereocenters. The predicted molar refractivity (Wildman–Crippen MR) is 111 cm³/mol. The van der Waals surface area contributed by atoms with Crippen LogP contribution in [0.3, 0.4) is 0 Å². The van der Waals surface area contributed by atoms with Crippen LogP contribution in [0.25, 0.3) is 11.1 Å². The molecule has 1 N–H and O–H groups in total. The van der Waals surface area contributed by atoms with Gasteiger partial charge in [-0.3, -0.25) is 0 Å². The number of methoxy groups -OCH3 is 1. The van der Waals surface area contributed by atoms with Gasteiger partial charge in [-0.15, -0.1) is 0 Å². The Morgan fingerprint density at radius 1 is 1.27 bits per heavy atom. The number of aliphatic carboxylic acids is 1. The minimum Gasteiger partial charge on any atom is -0.496 e. The maximum Gasteiger partial charge on any atom is 0.326 e. The molecule has 4 rings (SSSR count). The summed E-state index contributed by atoms with van der Waals surface area (Å²) in [5.41, 5.74) is 3.48. The number of rotatable bonds is 6. The number of halogens is 1. The zero-order valence-electron chi connectivity index (χ0n) is 16.8. The predicted octanol–water partition coefficient (Wildman–Crippen LogP) is 3.85. The fourth-order valence-corrected chi connectivity index (χ4v) is 3.67. The molecular weight excluding hydrogens is 385 g/mol. The average molecular weight is 407 g/mol. The Morgan fingerprint density at radius 3 is 2.63 bits per heavy atom. The lowest BCUT2D eigenvalue weighted by atomic mass is 9.97. The van der Waals surface area contributed by atoms with E-state index in [2.05, 4.69) is 9.97 Å². The van der Waals surface area contributed by atoms with E-state index in [9.17, 15) is 9.90 Å². The third kappa shape index (κ3) is 3.70. The van der Waals surface area contributed by atoms with Gasteiger partial charge in [0.1, 0.15) is 17.6 Å². The molecule has 1 fully saturated rings. The van der Waals surface area contributed by atoms with Crippen molar-refractivity contribution in [2.75, 3.05) is 18.6 Å². The molecule has 0 amide bonds. The summed E-state index contributed by atoms with van der Waals surface area (Å²) in [5, 5.41) is 9.18. The third-order valence-corrected chi connectivity index (χ3v) is 5.36. The molecule has 1 aliphatic heterocycles. The van der Waals surface area contributed by atoms with Crippen molar-refractivity contribution in [1.29, 1.82) is 0 Å². The van der Waals surface area contributed by atoms with Crippen LogP contribution in [0.4, 0.5) is 10.3 Å². The zero-order chi connectivity index (χ0) is 21.3. The lowest BCUT2D eigenvalue weighted by Gasteiger charge is -2.37. The first-order valence-corrected chi connectivity index (χ1v) is 9.70. The SMILES string of the molecule is COc1ccc(Cc2cnc(N3CCC3C(=O)O)nc2)c(F)c1-c1cccc(C)c1. The first kappa shape index (κ1) is 19.8. The molecule has 7 heteroatoms. The standard InChI is InChI=1S/C23H22FN3O3/c1-14-4-3-5-16(10-14)20-19(30-2)7-6-17(21(20)24)11-15-12-25-23(26-13-15)27-9-8-18(27)22(28)29/h3-7,10,12-13,18H,8-9,11H2,1-2H3,(H,28,29). The van der Waals surface area contributed by atoms with Crippen LogP contribution in [0.15, 0.2) is 48.8 Å². The number of anilines is 1. The van der Waals surface area contributed by atoms with Gasteiger partial charge in [0, 0.05) is 25.4 Å². The van der Waals surface area contributed by atoms with Gasteiger partial charge in [-0.1, -0.05) is 35.9 Å². The van der Waals surface area contributed by atoms with E-state index < -0.39 is 12.0 Å². The number of hydrogen-bond acceptors (Lipinski definition) is 5. The Kier molecular flexibility index (Phi) is 5.35. The van der Waals surface area contributed by atoms with E-state index in [-0.39, 0.29) is 5.82 Å². The molecule has 0 bridgehead atoms. The number of hydrogen-bond donors (Lipinski definition) is 1. The number of aromatic nitrogens is 2. The molecular formula is C23H22FN3O3. The van der Waals surface area contributed by atoms with E-state index in [4.69, 9.17) is 4.74 Å². The second-order valence-corrected chi connectivity index (χ2v) is 7.39. The molecule has 1 saturated heterocycles. The minimum atomic E-state index is -0.877. The molecule has 2 heterocycles. The molecule has 1 aromatic heterocycles. The second-order valence-electron chi connectivity index (χ2n) is 7.39. The topological polar surface area (TPSA) is 75.5 Å². The number of benzene rings is 2. The van der Waals surface area contributed by atoms with Crippen LogP contribution in [0, 0.1) is 12.7 Å². The Bertz CT molecular complexity index is 1090. The zero-order valence-corrected chi connectivity index (χ0v) is 16.8. The van der Waals surface area contributed by atoms with Crippen LogP contribution in [-0.4, -0.2) is 40.7 Å². The molecule has 0 aliphatic carbocycles. The molecule has 1 aliphatic rings. The number of ether oxygens (including phenoxy) is 1. The monoisotopic (exact) mass is 407 g/mol. The van der Waals surface area contributed by atoms with Crippen LogP contribution in [0.2, 0.25) is 0 Å². The highest BCUT2D eigenvalue weighted by Crippen LogP contribution is 2.35. The quantitative estimate of drug-likeness (QED) is 0.669. The van der Waals surface area contributed by atoms with Crippen molar-refractivity contribution in [3.05, 3.63) is 71.3 Å². The van der Waals surface area contributed by atoms with E-state index >= 15 is 4.39 Å². The fourth-order valence-electron chi connectivity index (χ4n) is 3.67. The van der Waals surface area contributed by atoms with Gasteiger partial charge in [0.05, 0.1) is 12.7 Å². The Morgan fingerprint density at radius 2 is 2.03 bits per heavy atom. The average Bonchev–Trinajstić information content (AvgIpc) is 2.69. The van der Waals surface area contributed by atoms with Gasteiger partial charge >= 0.3 is 5.97 Å². The van der Waals surface area contributed by atoms with Gasteiger partial charge in [0.25, 0.3) is 0 Å². The Balaban J connectivity index is 1.61. The van der Waals surface area contributed by atoms with Crippen molar-refractivity contribution in [2.24, 2.45) is 0 Å². The smallest absolute Gasteiger partial charge is 0.326 e. The van der Waals surface area contributed by atoms with Crippen molar-refractivity contribution in [1.82, 2.24) is 9.97 Å². The summed E-state index contributed by atoms with van der Waals surface area (Å²) in [7, 11) is 1.53. The van der Waals surface area contributed by atoms with Crippen molar-refractivity contribution < 1.29 is 19.0 Å². The van der Waals surface area contributed by atoms with Crippen LogP contribution >= 0.6 is 0 Å². The lowest BCUT2D eigenvalue weighted by Crippen LogP contribution is -2.53.